The van der Waals surface area contributed by atoms with E-state index in [2.05, 4.69) is 19.1 Å². The molecule has 1 aromatic carbocycles. The van der Waals surface area contributed by atoms with Crippen molar-refractivity contribution in [1.29, 1.82) is 0 Å². The molecule has 132 valence electrons. The van der Waals surface area contributed by atoms with Crippen molar-refractivity contribution >= 4 is 0 Å². The molecule has 1 aliphatic heterocycles. The van der Waals surface area contributed by atoms with Crippen LogP contribution in [0.15, 0.2) is 30.4 Å². The van der Waals surface area contributed by atoms with Crippen LogP contribution in [0.25, 0.3) is 0 Å². The van der Waals surface area contributed by atoms with E-state index in [4.69, 9.17) is 9.47 Å². The van der Waals surface area contributed by atoms with Crippen LogP contribution in [0.2, 0.25) is 0 Å². The van der Waals surface area contributed by atoms with Gasteiger partial charge < -0.3 is 9.47 Å². The van der Waals surface area contributed by atoms with Gasteiger partial charge in [0.2, 0.25) is 0 Å². The summed E-state index contributed by atoms with van der Waals surface area (Å²) >= 11 is 0. The fraction of sp³-hybridized carbons (Fsp3) is 0.600. The third-order valence-electron chi connectivity index (χ3n) is 5.16. The van der Waals surface area contributed by atoms with Gasteiger partial charge in [-0.1, -0.05) is 25.1 Å². The zero-order chi connectivity index (χ0) is 16.9. The summed E-state index contributed by atoms with van der Waals surface area (Å²) < 4.78 is 38.3. The first-order valence-electron chi connectivity index (χ1n) is 9.02. The van der Waals surface area contributed by atoms with Gasteiger partial charge in [-0.25, -0.2) is 8.78 Å². The zero-order valence-electron chi connectivity index (χ0n) is 14.2. The summed E-state index contributed by atoms with van der Waals surface area (Å²) in [5.74, 6) is -0.453. The summed E-state index contributed by atoms with van der Waals surface area (Å²) in [7, 11) is 0. The normalized spacial score (nSPS) is 31.5. The molecule has 24 heavy (non-hydrogen) atoms. The number of benzene rings is 1. The monoisotopic (exact) mass is 336 g/mol. The topological polar surface area (TPSA) is 18.5 Å². The van der Waals surface area contributed by atoms with Crippen LogP contribution in [-0.4, -0.2) is 19.5 Å². The lowest BCUT2D eigenvalue weighted by atomic mass is 9.78. The predicted octanol–water partition coefficient (Wildman–Crippen LogP) is 5.19. The molecule has 1 saturated carbocycles. The first-order chi connectivity index (χ1) is 11.7. The molecular formula is C20H26F2O2. The van der Waals surface area contributed by atoms with E-state index in [0.29, 0.717) is 17.8 Å². The van der Waals surface area contributed by atoms with Gasteiger partial charge in [0.15, 0.2) is 17.9 Å². The van der Waals surface area contributed by atoms with E-state index < -0.39 is 11.6 Å². The second kappa shape index (κ2) is 8.21. The SMILES string of the molecule is CCC=CC1COC(C2CCC(c3ccc(F)c(F)c3)CC2)OC1. The van der Waals surface area contributed by atoms with Crippen LogP contribution in [0.3, 0.4) is 0 Å². The summed E-state index contributed by atoms with van der Waals surface area (Å²) in [5, 5.41) is 0. The van der Waals surface area contributed by atoms with Gasteiger partial charge in [0, 0.05) is 11.8 Å². The highest BCUT2D eigenvalue weighted by atomic mass is 19.2. The largest absolute Gasteiger partial charge is 0.352 e. The van der Waals surface area contributed by atoms with E-state index in [1.807, 2.05) is 0 Å². The van der Waals surface area contributed by atoms with Crippen LogP contribution in [-0.2, 0) is 9.47 Å². The molecule has 4 heteroatoms. The number of halogens is 2. The molecule has 2 aliphatic rings. The highest BCUT2D eigenvalue weighted by Gasteiger charge is 2.32. The van der Waals surface area contributed by atoms with Gasteiger partial charge in [-0.2, -0.15) is 0 Å². The van der Waals surface area contributed by atoms with Crippen molar-refractivity contribution in [3.63, 3.8) is 0 Å². The van der Waals surface area contributed by atoms with Crippen molar-refractivity contribution in [1.82, 2.24) is 0 Å². The first kappa shape index (κ1) is 17.6. The molecule has 1 saturated heterocycles. The van der Waals surface area contributed by atoms with Crippen molar-refractivity contribution < 1.29 is 18.3 Å². The highest BCUT2D eigenvalue weighted by molar-refractivity contribution is 5.22. The van der Waals surface area contributed by atoms with Crippen LogP contribution in [0.1, 0.15) is 50.5 Å². The smallest absolute Gasteiger partial charge is 0.160 e. The maximum absolute atomic E-state index is 13.4. The van der Waals surface area contributed by atoms with Gasteiger partial charge >= 0.3 is 0 Å². The van der Waals surface area contributed by atoms with E-state index >= 15 is 0 Å². The van der Waals surface area contributed by atoms with E-state index in [1.54, 1.807) is 6.07 Å². The molecule has 1 aliphatic carbocycles. The van der Waals surface area contributed by atoms with E-state index in [-0.39, 0.29) is 6.29 Å². The Balaban J connectivity index is 1.49. The van der Waals surface area contributed by atoms with Crippen LogP contribution in [0.4, 0.5) is 8.78 Å². The lowest BCUT2D eigenvalue weighted by Crippen LogP contribution is -2.37. The molecule has 0 unspecified atom stereocenters. The molecular weight excluding hydrogens is 310 g/mol. The molecule has 0 spiro atoms. The van der Waals surface area contributed by atoms with Crippen LogP contribution in [0.5, 0.6) is 0 Å². The average molecular weight is 336 g/mol. The number of rotatable bonds is 4. The minimum absolute atomic E-state index is 0.109. The van der Waals surface area contributed by atoms with Crippen molar-refractivity contribution in [2.24, 2.45) is 11.8 Å². The lowest BCUT2D eigenvalue weighted by molar-refractivity contribution is -0.222. The van der Waals surface area contributed by atoms with Gasteiger partial charge in [0.25, 0.3) is 0 Å². The number of ether oxygens (including phenoxy) is 2. The van der Waals surface area contributed by atoms with Crippen LogP contribution < -0.4 is 0 Å². The third-order valence-corrected chi connectivity index (χ3v) is 5.16. The first-order valence-corrected chi connectivity index (χ1v) is 9.02. The van der Waals surface area contributed by atoms with E-state index in [1.165, 1.54) is 12.1 Å². The molecule has 0 aromatic heterocycles. The second-order valence-electron chi connectivity index (χ2n) is 6.92. The summed E-state index contributed by atoms with van der Waals surface area (Å²) in [5.41, 5.74) is 0.905. The van der Waals surface area contributed by atoms with Gasteiger partial charge in [-0.05, 0) is 55.7 Å². The minimum Gasteiger partial charge on any atom is -0.352 e. The Kier molecular flexibility index (Phi) is 6.01. The molecule has 1 aromatic rings. The Labute approximate surface area is 142 Å². The minimum atomic E-state index is -0.775. The Morgan fingerprint density at radius 1 is 1.04 bits per heavy atom. The maximum Gasteiger partial charge on any atom is 0.160 e. The molecule has 0 N–H and O–H groups in total. The van der Waals surface area contributed by atoms with Gasteiger partial charge in [0.1, 0.15) is 0 Å². The fourth-order valence-electron chi connectivity index (χ4n) is 3.74. The highest BCUT2D eigenvalue weighted by Crippen LogP contribution is 2.39. The molecule has 0 atom stereocenters. The molecule has 1 heterocycles. The van der Waals surface area contributed by atoms with Gasteiger partial charge in [0.05, 0.1) is 13.2 Å². The lowest BCUT2D eigenvalue weighted by Gasteiger charge is -2.37. The molecule has 2 nitrogen and oxygen atoms in total. The molecule has 0 amide bonds. The summed E-state index contributed by atoms with van der Waals surface area (Å²) in [4.78, 5) is 0. The standard InChI is InChI=1S/C20H26F2O2/c1-2-3-4-14-12-23-20(24-13-14)16-7-5-15(6-8-16)17-9-10-18(21)19(22)11-17/h3-4,9-11,14-16,20H,2,5-8,12-13H2,1H3. The average Bonchev–Trinajstić information content (AvgIpc) is 2.63. The van der Waals surface area contributed by atoms with Crippen molar-refractivity contribution in [2.75, 3.05) is 13.2 Å². The van der Waals surface area contributed by atoms with Gasteiger partial charge in [-0.3, -0.25) is 0 Å². The van der Waals surface area contributed by atoms with Crippen molar-refractivity contribution in [3.8, 4) is 0 Å². The Morgan fingerprint density at radius 3 is 2.38 bits per heavy atom. The third kappa shape index (κ3) is 4.22. The number of hydrogen-bond acceptors (Lipinski definition) is 2. The van der Waals surface area contributed by atoms with Gasteiger partial charge in [-0.15, -0.1) is 0 Å². The van der Waals surface area contributed by atoms with E-state index in [9.17, 15) is 8.78 Å². The molecule has 3 rings (SSSR count). The molecule has 0 radical (unpaired) electrons. The zero-order valence-corrected chi connectivity index (χ0v) is 14.2. The summed E-state index contributed by atoms with van der Waals surface area (Å²) in [6.45, 7) is 3.57. The van der Waals surface area contributed by atoms with Crippen molar-refractivity contribution in [2.45, 2.75) is 51.2 Å². The Hall–Kier alpha value is -1.26. The Bertz CT molecular complexity index is 557. The summed E-state index contributed by atoms with van der Waals surface area (Å²) in [6.07, 6.45) is 9.21. The predicted molar refractivity (Wildman–Crippen MR) is 89.7 cm³/mol. The molecule has 0 bridgehead atoms. The summed E-state index contributed by atoms with van der Waals surface area (Å²) in [6, 6.07) is 4.29. The number of allylic oxidation sites excluding steroid dienone is 1. The fourth-order valence-corrected chi connectivity index (χ4v) is 3.74. The second-order valence-corrected chi connectivity index (χ2v) is 6.92. The number of hydrogen-bond donors (Lipinski definition) is 0. The van der Waals surface area contributed by atoms with Crippen LogP contribution >= 0.6 is 0 Å². The van der Waals surface area contributed by atoms with Crippen LogP contribution in [0, 0.1) is 23.5 Å². The maximum atomic E-state index is 13.4. The van der Waals surface area contributed by atoms with E-state index in [0.717, 1.165) is 50.9 Å². The van der Waals surface area contributed by atoms with Crippen molar-refractivity contribution in [3.05, 3.63) is 47.5 Å². The Morgan fingerprint density at radius 2 is 1.75 bits per heavy atom. The quantitative estimate of drug-likeness (QED) is 0.704. The molecule has 2 fully saturated rings.